The SMILES string of the molecule is COc1ccc(S(=O)(=O)N2CC3CN(C(=O)CSC)CC3(CN(C)C)C2)cc1F. The van der Waals surface area contributed by atoms with E-state index >= 15 is 0 Å². The smallest absolute Gasteiger partial charge is 0.243 e. The Hall–Kier alpha value is -1.36. The molecule has 10 heteroatoms. The molecule has 0 spiro atoms. The van der Waals surface area contributed by atoms with E-state index in [1.807, 2.05) is 30.2 Å². The van der Waals surface area contributed by atoms with Gasteiger partial charge in [-0.25, -0.2) is 12.8 Å². The summed E-state index contributed by atoms with van der Waals surface area (Å²) in [5.41, 5.74) is -0.324. The van der Waals surface area contributed by atoms with Crippen molar-refractivity contribution in [3.63, 3.8) is 0 Å². The maximum absolute atomic E-state index is 14.1. The largest absolute Gasteiger partial charge is 0.494 e. The van der Waals surface area contributed by atoms with E-state index in [2.05, 4.69) is 0 Å². The maximum Gasteiger partial charge on any atom is 0.243 e. The van der Waals surface area contributed by atoms with Gasteiger partial charge in [-0.15, -0.1) is 0 Å². The molecule has 1 aromatic carbocycles. The number of fused-ring (bicyclic) bond motifs is 1. The number of rotatable bonds is 7. The summed E-state index contributed by atoms with van der Waals surface area (Å²) in [5, 5.41) is 0. The number of methoxy groups -OCH3 is 1. The summed E-state index contributed by atoms with van der Waals surface area (Å²) < 4.78 is 46.8. The Kier molecular flexibility index (Phi) is 6.47. The standard InChI is InChI=1S/C19H28FN3O4S2/c1-21(2)11-19-12-22(18(24)10-28-4)8-14(19)9-23(13-19)29(25,26)15-5-6-17(27-3)16(20)7-15/h5-7,14H,8-13H2,1-4H3. The molecule has 1 aromatic rings. The van der Waals surface area contributed by atoms with Gasteiger partial charge < -0.3 is 14.5 Å². The van der Waals surface area contributed by atoms with Crippen molar-refractivity contribution < 1.29 is 22.3 Å². The second kappa shape index (κ2) is 8.41. The predicted octanol–water partition coefficient (Wildman–Crippen LogP) is 1.21. The molecule has 2 aliphatic heterocycles. The van der Waals surface area contributed by atoms with Gasteiger partial charge in [0.1, 0.15) is 0 Å². The third-order valence-corrected chi connectivity index (χ3v) is 8.08. The molecule has 162 valence electrons. The number of benzene rings is 1. The molecule has 0 saturated carbocycles. The van der Waals surface area contributed by atoms with Crippen LogP contribution in [0.15, 0.2) is 23.1 Å². The number of carbonyl (C=O) groups excluding carboxylic acids is 1. The number of amides is 1. The van der Waals surface area contributed by atoms with E-state index in [0.29, 0.717) is 38.5 Å². The van der Waals surface area contributed by atoms with E-state index in [-0.39, 0.29) is 27.9 Å². The number of halogens is 1. The second-order valence-electron chi connectivity index (χ2n) is 8.10. The number of likely N-dealkylation sites (tertiary alicyclic amines) is 1. The fraction of sp³-hybridized carbons (Fsp3) is 0.632. The van der Waals surface area contributed by atoms with Crippen LogP contribution in [0.4, 0.5) is 4.39 Å². The minimum atomic E-state index is -3.84. The third-order valence-electron chi connectivity index (χ3n) is 5.74. The molecule has 1 amide bonds. The van der Waals surface area contributed by atoms with Crippen molar-refractivity contribution in [2.24, 2.45) is 11.3 Å². The van der Waals surface area contributed by atoms with Crippen LogP contribution in [0.2, 0.25) is 0 Å². The van der Waals surface area contributed by atoms with Gasteiger partial charge in [0.15, 0.2) is 11.6 Å². The number of ether oxygens (including phenoxy) is 1. The molecular formula is C19H28FN3O4S2. The van der Waals surface area contributed by atoms with Gasteiger partial charge in [0.2, 0.25) is 15.9 Å². The first-order valence-electron chi connectivity index (χ1n) is 9.38. The zero-order valence-corrected chi connectivity index (χ0v) is 18.9. The van der Waals surface area contributed by atoms with E-state index in [4.69, 9.17) is 4.74 Å². The molecular weight excluding hydrogens is 417 g/mol. The molecule has 29 heavy (non-hydrogen) atoms. The van der Waals surface area contributed by atoms with E-state index in [9.17, 15) is 17.6 Å². The molecule has 0 aliphatic carbocycles. The van der Waals surface area contributed by atoms with E-state index in [0.717, 1.165) is 6.07 Å². The van der Waals surface area contributed by atoms with Crippen molar-refractivity contribution in [2.75, 3.05) is 65.9 Å². The predicted molar refractivity (Wildman–Crippen MR) is 111 cm³/mol. The lowest BCUT2D eigenvalue weighted by molar-refractivity contribution is -0.127. The summed E-state index contributed by atoms with van der Waals surface area (Å²) >= 11 is 1.49. The lowest BCUT2D eigenvalue weighted by atomic mass is 9.80. The molecule has 3 rings (SSSR count). The summed E-state index contributed by atoms with van der Waals surface area (Å²) in [4.78, 5) is 16.2. The zero-order valence-electron chi connectivity index (χ0n) is 17.2. The Labute approximate surface area is 176 Å². The fourth-order valence-electron chi connectivity index (χ4n) is 4.53. The molecule has 2 atom stereocenters. The minimum Gasteiger partial charge on any atom is -0.494 e. The number of sulfonamides is 1. The molecule has 0 N–H and O–H groups in total. The summed E-state index contributed by atoms with van der Waals surface area (Å²) in [6, 6.07) is 3.71. The molecule has 0 radical (unpaired) electrons. The van der Waals surface area contributed by atoms with Crippen LogP contribution in [0.5, 0.6) is 5.75 Å². The average molecular weight is 446 g/mol. The lowest BCUT2D eigenvalue weighted by Gasteiger charge is -2.32. The monoisotopic (exact) mass is 445 g/mol. The number of hydrogen-bond donors (Lipinski definition) is 0. The van der Waals surface area contributed by atoms with Gasteiger partial charge in [-0.2, -0.15) is 16.1 Å². The van der Waals surface area contributed by atoms with Gasteiger partial charge in [0.05, 0.1) is 17.8 Å². The van der Waals surface area contributed by atoms with Crippen LogP contribution in [0, 0.1) is 17.2 Å². The highest BCUT2D eigenvalue weighted by Gasteiger charge is 2.55. The number of thioether (sulfide) groups is 1. The highest BCUT2D eigenvalue weighted by atomic mass is 32.2. The van der Waals surface area contributed by atoms with E-state index in [1.165, 1.54) is 35.3 Å². The Balaban J connectivity index is 1.86. The summed E-state index contributed by atoms with van der Waals surface area (Å²) in [6.45, 7) is 2.42. The van der Waals surface area contributed by atoms with Crippen molar-refractivity contribution in [3.8, 4) is 5.75 Å². The van der Waals surface area contributed by atoms with Gasteiger partial charge in [-0.3, -0.25) is 4.79 Å². The van der Waals surface area contributed by atoms with Crippen LogP contribution in [-0.4, -0.2) is 94.4 Å². The summed E-state index contributed by atoms with van der Waals surface area (Å²) in [6.07, 6.45) is 1.90. The van der Waals surface area contributed by atoms with Crippen LogP contribution in [0.3, 0.4) is 0 Å². The number of hydrogen-bond acceptors (Lipinski definition) is 6. The molecule has 2 heterocycles. The van der Waals surface area contributed by atoms with Crippen molar-refractivity contribution in [3.05, 3.63) is 24.0 Å². The normalized spacial score (nSPS) is 24.9. The summed E-state index contributed by atoms with van der Waals surface area (Å²) in [5.74, 6) is -0.123. The topological polar surface area (TPSA) is 70.2 Å². The highest BCUT2D eigenvalue weighted by Crippen LogP contribution is 2.45. The summed E-state index contributed by atoms with van der Waals surface area (Å²) in [7, 11) is 1.40. The van der Waals surface area contributed by atoms with Gasteiger partial charge in [-0.05, 0) is 38.6 Å². The van der Waals surface area contributed by atoms with Gasteiger partial charge in [0.25, 0.3) is 0 Å². The Bertz CT molecular complexity index is 880. The minimum absolute atomic E-state index is 0.00858. The first kappa shape index (κ1) is 22.3. The number of carbonyl (C=O) groups is 1. The van der Waals surface area contributed by atoms with Crippen LogP contribution in [0.25, 0.3) is 0 Å². The Morgan fingerprint density at radius 3 is 2.66 bits per heavy atom. The molecule has 2 unspecified atom stereocenters. The fourth-order valence-corrected chi connectivity index (χ4v) is 6.55. The molecule has 7 nitrogen and oxygen atoms in total. The van der Waals surface area contributed by atoms with Crippen molar-refractivity contribution in [1.82, 2.24) is 14.1 Å². The van der Waals surface area contributed by atoms with Gasteiger partial charge in [0, 0.05) is 44.1 Å². The van der Waals surface area contributed by atoms with E-state index in [1.54, 1.807) is 0 Å². The zero-order chi connectivity index (χ0) is 21.4. The molecule has 2 saturated heterocycles. The molecule has 0 aromatic heterocycles. The Morgan fingerprint density at radius 2 is 2.07 bits per heavy atom. The second-order valence-corrected chi connectivity index (χ2v) is 10.9. The number of nitrogens with zero attached hydrogens (tertiary/aromatic N) is 3. The van der Waals surface area contributed by atoms with Gasteiger partial charge >= 0.3 is 0 Å². The molecule has 2 fully saturated rings. The van der Waals surface area contributed by atoms with Crippen molar-refractivity contribution in [2.45, 2.75) is 4.90 Å². The lowest BCUT2D eigenvalue weighted by Crippen LogP contribution is -2.44. The first-order valence-corrected chi connectivity index (χ1v) is 12.2. The molecule has 0 bridgehead atoms. The van der Waals surface area contributed by atoms with Crippen LogP contribution >= 0.6 is 11.8 Å². The van der Waals surface area contributed by atoms with Crippen molar-refractivity contribution in [1.29, 1.82) is 0 Å². The maximum atomic E-state index is 14.1. The Morgan fingerprint density at radius 1 is 1.34 bits per heavy atom. The quantitative estimate of drug-likeness (QED) is 0.628. The van der Waals surface area contributed by atoms with Gasteiger partial charge in [-0.1, -0.05) is 0 Å². The van der Waals surface area contributed by atoms with Crippen LogP contribution in [-0.2, 0) is 14.8 Å². The average Bonchev–Trinajstić information content (AvgIpc) is 3.15. The van der Waals surface area contributed by atoms with E-state index < -0.39 is 15.8 Å². The van der Waals surface area contributed by atoms with Crippen molar-refractivity contribution >= 4 is 27.7 Å². The highest BCUT2D eigenvalue weighted by molar-refractivity contribution is 7.99. The first-order chi connectivity index (χ1) is 13.6. The molecule has 2 aliphatic rings. The van der Waals surface area contributed by atoms with Crippen LogP contribution < -0.4 is 4.74 Å². The van der Waals surface area contributed by atoms with Crippen LogP contribution in [0.1, 0.15) is 0 Å². The third kappa shape index (κ3) is 4.26.